The van der Waals surface area contributed by atoms with E-state index in [0.29, 0.717) is 20.1 Å². The summed E-state index contributed by atoms with van der Waals surface area (Å²) in [5.74, 6) is -16.5. The second-order valence-electron chi connectivity index (χ2n) is 15.8. The van der Waals surface area contributed by atoms with Gasteiger partial charge in [0.05, 0.1) is 11.1 Å². The molecule has 0 unspecified atom stereocenters. The predicted molar refractivity (Wildman–Crippen MR) is 193 cm³/mol. The molecule has 0 N–H and O–H groups in total. The summed E-state index contributed by atoms with van der Waals surface area (Å²) in [5.41, 5.74) is -7.28. The lowest BCUT2D eigenvalue weighted by Gasteiger charge is -2.45. The van der Waals surface area contributed by atoms with Crippen molar-refractivity contribution in [3.8, 4) is 0 Å². The monoisotopic (exact) mass is 762 g/mol. The van der Waals surface area contributed by atoms with Gasteiger partial charge < -0.3 is 15.5 Å². The van der Waals surface area contributed by atoms with Crippen molar-refractivity contribution in [1.29, 1.82) is 0 Å². The van der Waals surface area contributed by atoms with E-state index in [1.54, 1.807) is 55.4 Å². The highest BCUT2D eigenvalue weighted by Gasteiger charge is 2.80. The van der Waals surface area contributed by atoms with Crippen molar-refractivity contribution < 1.29 is 36.3 Å². The largest absolute Gasteiger partial charge is 0.757 e. The zero-order chi connectivity index (χ0) is 38.7. The maximum atomic E-state index is 16.1. The molecule has 2 aliphatic heterocycles. The summed E-state index contributed by atoms with van der Waals surface area (Å²) in [4.78, 5) is 4.78. The summed E-state index contributed by atoms with van der Waals surface area (Å²) in [6.07, 6.45) is 0. The van der Waals surface area contributed by atoms with Crippen molar-refractivity contribution in [3.05, 3.63) is 78.8 Å². The number of hydrogen-bond donors (Lipinski definition) is 0. The lowest BCUT2D eigenvalue weighted by atomic mass is 9.84. The van der Waals surface area contributed by atoms with Crippen LogP contribution in [0.3, 0.4) is 0 Å². The van der Waals surface area contributed by atoms with Gasteiger partial charge in [-0.2, -0.15) is 26.3 Å². The second-order valence-corrected chi connectivity index (χ2v) is 18.4. The summed E-state index contributed by atoms with van der Waals surface area (Å²) in [6, 6.07) is 8.43. The number of allylic oxidation sites excluding steroid dienone is 2. The third-order valence-electron chi connectivity index (χ3n) is 11.9. The molecule has 0 fully saturated rings. The fraction of sp³-hybridized carbons (Fsp3) is 0.459. The van der Waals surface area contributed by atoms with Crippen LogP contribution in [-0.4, -0.2) is 66.5 Å². The Balaban J connectivity index is 1.45. The van der Waals surface area contributed by atoms with E-state index in [1.807, 2.05) is 0 Å². The summed E-state index contributed by atoms with van der Waals surface area (Å²) >= 11 is 1.87. The number of hydroxylamine groups is 5. The minimum absolute atomic E-state index is 0.00146. The minimum atomic E-state index is -5.78. The quantitative estimate of drug-likeness (QED) is 0.118. The molecule has 0 spiro atoms. The Labute approximate surface area is 304 Å². The molecule has 7 nitrogen and oxygen atoms in total. The van der Waals surface area contributed by atoms with Gasteiger partial charge in [0.15, 0.2) is 5.54 Å². The molecular formula is C37H36F6N4O3S2-. The lowest BCUT2D eigenvalue weighted by molar-refractivity contribution is -0.539. The van der Waals surface area contributed by atoms with Crippen LogP contribution >= 0.6 is 22.7 Å². The normalized spacial score (nSPS) is 23.8. The predicted octanol–water partition coefficient (Wildman–Crippen LogP) is 10.2. The maximum Gasteiger partial charge on any atom is 0.380 e. The van der Waals surface area contributed by atoms with Gasteiger partial charge in [-0.15, -0.1) is 22.7 Å². The van der Waals surface area contributed by atoms with E-state index in [9.17, 15) is 15.6 Å². The summed E-state index contributed by atoms with van der Waals surface area (Å²) in [7, 11) is 0. The fourth-order valence-electron chi connectivity index (χ4n) is 7.21. The molecule has 15 heteroatoms. The van der Waals surface area contributed by atoms with E-state index in [2.05, 4.69) is 4.99 Å². The van der Waals surface area contributed by atoms with Crippen molar-refractivity contribution in [2.45, 2.75) is 109 Å². The Bertz CT molecular complexity index is 2330. The Morgan fingerprint density at radius 1 is 0.712 bits per heavy atom. The van der Waals surface area contributed by atoms with E-state index < -0.39 is 62.2 Å². The van der Waals surface area contributed by atoms with Crippen LogP contribution in [0.4, 0.5) is 26.3 Å². The van der Waals surface area contributed by atoms with Crippen molar-refractivity contribution in [1.82, 2.24) is 10.1 Å². The van der Waals surface area contributed by atoms with Gasteiger partial charge in [0.25, 0.3) is 0 Å². The third kappa shape index (κ3) is 4.27. The highest BCUT2D eigenvalue weighted by atomic mass is 32.1. The van der Waals surface area contributed by atoms with Crippen LogP contribution in [0.15, 0.2) is 41.4 Å². The van der Waals surface area contributed by atoms with Crippen LogP contribution in [0.2, 0.25) is 0 Å². The van der Waals surface area contributed by atoms with E-state index in [1.165, 1.54) is 50.2 Å². The van der Waals surface area contributed by atoms with Crippen molar-refractivity contribution >= 4 is 65.7 Å². The molecule has 2 aromatic carbocycles. The molecule has 1 radical (unpaired) electrons. The molecule has 277 valence electrons. The lowest BCUT2D eigenvalue weighted by Crippen LogP contribution is -2.53. The van der Waals surface area contributed by atoms with Gasteiger partial charge in [-0.1, -0.05) is 23.3 Å². The van der Waals surface area contributed by atoms with Gasteiger partial charge in [-0.3, -0.25) is 9.73 Å². The fourth-order valence-corrected chi connectivity index (χ4v) is 9.43. The topological polar surface area (TPSA) is 87.9 Å². The van der Waals surface area contributed by atoms with Crippen molar-refractivity contribution in [2.24, 2.45) is 4.99 Å². The van der Waals surface area contributed by atoms with E-state index >= 15 is 26.3 Å². The molecule has 0 amide bonds. The molecule has 3 aliphatic rings. The number of alkyl halides is 6. The summed E-state index contributed by atoms with van der Waals surface area (Å²) < 4.78 is 96.8. The molecule has 0 saturated carbocycles. The first-order valence-electron chi connectivity index (χ1n) is 16.5. The Morgan fingerprint density at radius 3 is 1.56 bits per heavy atom. The number of hydrogen-bond acceptors (Lipinski definition) is 7. The number of aliphatic imine (C=N–C) groups is 1. The van der Waals surface area contributed by atoms with E-state index in [4.69, 9.17) is 0 Å². The van der Waals surface area contributed by atoms with Crippen molar-refractivity contribution in [2.75, 3.05) is 0 Å². The first-order valence-corrected chi connectivity index (χ1v) is 18.1. The van der Waals surface area contributed by atoms with Gasteiger partial charge in [-0.25, -0.2) is 0 Å². The standard InChI is InChI=1S/C37H36F6N4O3S2/c1-17-25(21-13-11-19(15-23(21)51-17)29-44-31(3,4)32(5,6)45(29)48)27-28(36(40,41)37(42,43)35(27,38)39)26-18(2)52-24-16-20(12-14-22(24)26)30-46(49)33(7,8)34(9,10)47(30)50/h11-16H,1-10H3/q-1. The first kappa shape index (κ1) is 36.7. The third-order valence-corrected chi connectivity index (χ3v) is 14.0. The van der Waals surface area contributed by atoms with Gasteiger partial charge in [0.1, 0.15) is 11.4 Å². The van der Waals surface area contributed by atoms with Crippen LogP contribution in [0, 0.1) is 24.3 Å². The Kier molecular flexibility index (Phi) is 7.42. The van der Waals surface area contributed by atoms with Crippen molar-refractivity contribution in [3.63, 3.8) is 0 Å². The molecule has 4 heterocycles. The van der Waals surface area contributed by atoms with Crippen LogP contribution in [0.25, 0.3) is 31.3 Å². The minimum Gasteiger partial charge on any atom is -0.757 e. The van der Waals surface area contributed by atoms with Gasteiger partial charge in [-0.05, 0) is 87.4 Å². The Morgan fingerprint density at radius 2 is 1.15 bits per heavy atom. The highest BCUT2D eigenvalue weighted by Crippen LogP contribution is 2.67. The van der Waals surface area contributed by atoms with Gasteiger partial charge in [0.2, 0.25) is 0 Å². The molecule has 0 saturated heterocycles. The maximum absolute atomic E-state index is 16.1. The van der Waals surface area contributed by atoms with E-state index in [-0.39, 0.29) is 42.5 Å². The Hall–Kier alpha value is -3.66. The second kappa shape index (κ2) is 10.5. The number of halogens is 6. The van der Waals surface area contributed by atoms with Gasteiger partial charge >= 0.3 is 23.6 Å². The number of amidine groups is 2. The molecule has 7 rings (SSSR count). The number of nitrogens with zero attached hydrogens (tertiary/aromatic N) is 4. The molecule has 1 aliphatic carbocycles. The molecule has 4 aromatic rings. The van der Waals surface area contributed by atoms with Crippen LogP contribution in [0.1, 0.15) is 87.4 Å². The van der Waals surface area contributed by atoms with Gasteiger partial charge in [0, 0.05) is 68.5 Å². The molecular weight excluding hydrogens is 727 g/mol. The summed E-state index contributed by atoms with van der Waals surface area (Å²) in [6.45, 7) is 16.3. The molecule has 0 atom stereocenters. The number of thiophene rings is 2. The number of rotatable bonds is 4. The zero-order valence-corrected chi connectivity index (χ0v) is 31.7. The molecule has 2 aromatic heterocycles. The zero-order valence-electron chi connectivity index (χ0n) is 30.1. The van der Waals surface area contributed by atoms with Crippen LogP contribution in [0.5, 0.6) is 0 Å². The smallest absolute Gasteiger partial charge is 0.380 e. The average Bonchev–Trinajstić information content (AvgIpc) is 3.64. The SMILES string of the molecule is Cc1sc2cc(C3=NC(C)(C)C(C)(C)N3[O-])ccc2c1C1=C(c2c(C)sc3cc(C4=[N+]([O-])C(C)(C)C(C)(C)N4[O])ccc23)C(F)(F)C(F)(F)C1(F)F. The molecule has 52 heavy (non-hydrogen) atoms. The van der Waals surface area contributed by atoms with Crippen LogP contribution in [-0.2, 0) is 5.21 Å². The van der Waals surface area contributed by atoms with E-state index in [0.717, 1.165) is 27.7 Å². The summed E-state index contributed by atoms with van der Waals surface area (Å²) in [5, 5.41) is 41.3. The average molecular weight is 763 g/mol. The number of aryl methyl sites for hydroxylation is 2. The molecule has 0 bridgehead atoms. The van der Waals surface area contributed by atoms with Crippen LogP contribution < -0.4 is 0 Å². The first-order chi connectivity index (χ1) is 23.7. The number of fused-ring (bicyclic) bond motifs is 2. The number of benzene rings is 2. The highest BCUT2D eigenvalue weighted by molar-refractivity contribution is 7.19.